The summed E-state index contributed by atoms with van der Waals surface area (Å²) in [5, 5.41) is 0.953. The number of hydrogen-bond acceptors (Lipinski definition) is 5. The maximum absolute atomic E-state index is 13.3. The van der Waals surface area contributed by atoms with Crippen LogP contribution in [0.25, 0.3) is 10.1 Å². The van der Waals surface area contributed by atoms with E-state index < -0.39 is 0 Å². The van der Waals surface area contributed by atoms with Crippen molar-refractivity contribution in [3.05, 3.63) is 58.1 Å². The summed E-state index contributed by atoms with van der Waals surface area (Å²) in [5.41, 5.74) is 0.526. The second-order valence-corrected chi connectivity index (χ2v) is 6.87. The number of hydrogen-bond donors (Lipinski definition) is 0. The molecule has 2 heterocycles. The van der Waals surface area contributed by atoms with Crippen LogP contribution in [0, 0.1) is 5.82 Å². The number of aliphatic imine (C=N–C) groups is 1. The lowest BCUT2D eigenvalue weighted by Gasteiger charge is -1.99. The first-order valence-corrected chi connectivity index (χ1v) is 8.62. The van der Waals surface area contributed by atoms with Gasteiger partial charge in [-0.1, -0.05) is 11.6 Å². The number of carbonyl (C=O) groups excluding carboxylic acids is 2. The Bertz CT molecular complexity index is 976. The first-order valence-electron chi connectivity index (χ1n) is 7.43. The third-order valence-corrected chi connectivity index (χ3v) is 5.25. The van der Waals surface area contributed by atoms with Gasteiger partial charge in [-0.3, -0.25) is 14.6 Å². The number of ketones is 2. The van der Waals surface area contributed by atoms with E-state index in [1.165, 1.54) is 18.4 Å². The minimum absolute atomic E-state index is 0.0755. The topological polar surface area (TPSA) is 59.6 Å². The number of benzene rings is 1. The Morgan fingerprint density at radius 2 is 2.08 bits per heavy atom. The van der Waals surface area contributed by atoms with Crippen LogP contribution in [0.4, 0.5) is 4.39 Å². The molecule has 0 saturated carbocycles. The number of thiophene rings is 1. The fourth-order valence-corrected chi connectivity index (χ4v) is 3.80. The van der Waals surface area contributed by atoms with E-state index in [9.17, 15) is 14.0 Å². The second kappa shape index (κ2) is 7.29. The lowest BCUT2D eigenvalue weighted by molar-refractivity contribution is 0.0970. The summed E-state index contributed by atoms with van der Waals surface area (Å²) in [6.07, 6.45) is 1.50. The predicted octanol–water partition coefficient (Wildman–Crippen LogP) is 5.20. The molecule has 0 bridgehead atoms. The van der Waals surface area contributed by atoms with E-state index in [4.69, 9.17) is 16.0 Å². The van der Waals surface area contributed by atoms with Gasteiger partial charge in [0.1, 0.15) is 12.4 Å². The SMILES string of the molecule is CC(CC(=O)c1ccco1)=NCC(=O)c1sc2cc(F)ccc2c1Cl. The fourth-order valence-electron chi connectivity index (χ4n) is 2.31. The Morgan fingerprint density at radius 1 is 1.28 bits per heavy atom. The van der Waals surface area contributed by atoms with Gasteiger partial charge >= 0.3 is 0 Å². The van der Waals surface area contributed by atoms with Gasteiger partial charge in [0.15, 0.2) is 11.5 Å². The molecule has 0 aliphatic carbocycles. The summed E-state index contributed by atoms with van der Waals surface area (Å²) in [4.78, 5) is 28.8. The standard InChI is InChI=1S/C18H13ClFNO3S/c1-10(7-13(22)15-3-2-6-24-15)21-9-14(23)18-17(19)12-5-4-11(20)8-16(12)25-18/h2-6,8H,7,9H2,1H3. The van der Waals surface area contributed by atoms with Crippen LogP contribution in [0.1, 0.15) is 33.6 Å². The van der Waals surface area contributed by atoms with E-state index in [-0.39, 0.29) is 36.1 Å². The van der Waals surface area contributed by atoms with Crippen molar-refractivity contribution >= 4 is 50.3 Å². The molecule has 4 nitrogen and oxygen atoms in total. The van der Waals surface area contributed by atoms with Crippen molar-refractivity contribution in [3.8, 4) is 0 Å². The number of fused-ring (bicyclic) bond motifs is 1. The molecule has 0 amide bonds. The minimum atomic E-state index is -0.380. The van der Waals surface area contributed by atoms with Gasteiger partial charge in [-0.2, -0.15) is 0 Å². The number of carbonyl (C=O) groups is 2. The monoisotopic (exact) mass is 377 g/mol. The molecule has 3 rings (SSSR count). The zero-order valence-electron chi connectivity index (χ0n) is 13.2. The fraction of sp³-hybridized carbons (Fsp3) is 0.167. The van der Waals surface area contributed by atoms with Gasteiger partial charge in [-0.25, -0.2) is 4.39 Å². The van der Waals surface area contributed by atoms with Gasteiger partial charge in [-0.05, 0) is 37.3 Å². The molecule has 0 aliphatic heterocycles. The Morgan fingerprint density at radius 3 is 2.80 bits per heavy atom. The molecule has 25 heavy (non-hydrogen) atoms. The number of rotatable bonds is 6. The summed E-state index contributed by atoms with van der Waals surface area (Å²) >= 11 is 7.36. The molecule has 0 unspecified atom stereocenters. The van der Waals surface area contributed by atoms with Crippen LogP contribution >= 0.6 is 22.9 Å². The average molecular weight is 378 g/mol. The molecule has 0 fully saturated rings. The summed E-state index contributed by atoms with van der Waals surface area (Å²) in [6, 6.07) is 7.42. The summed E-state index contributed by atoms with van der Waals surface area (Å²) in [5.74, 6) is -0.587. The molecular weight excluding hydrogens is 365 g/mol. The molecule has 1 aromatic carbocycles. The van der Waals surface area contributed by atoms with E-state index in [0.29, 0.717) is 25.7 Å². The zero-order chi connectivity index (χ0) is 18.0. The highest BCUT2D eigenvalue weighted by Crippen LogP contribution is 2.36. The minimum Gasteiger partial charge on any atom is -0.461 e. The molecule has 0 atom stereocenters. The number of Topliss-reactive ketones (excluding diaryl/α,β-unsaturated/α-hetero) is 2. The van der Waals surface area contributed by atoms with Crippen molar-refractivity contribution in [1.82, 2.24) is 0 Å². The van der Waals surface area contributed by atoms with Crippen LogP contribution in [0.5, 0.6) is 0 Å². The van der Waals surface area contributed by atoms with E-state index in [1.54, 1.807) is 25.1 Å². The Labute approximate surface area is 151 Å². The lowest BCUT2D eigenvalue weighted by atomic mass is 10.1. The highest BCUT2D eigenvalue weighted by molar-refractivity contribution is 7.21. The van der Waals surface area contributed by atoms with Crippen molar-refractivity contribution < 1.29 is 18.4 Å². The summed E-state index contributed by atoms with van der Waals surface area (Å²) in [6.45, 7) is 1.56. The van der Waals surface area contributed by atoms with Crippen molar-refractivity contribution in [2.75, 3.05) is 6.54 Å². The number of furan rings is 1. The molecular formula is C18H13ClFNO3S. The van der Waals surface area contributed by atoms with Crippen LogP contribution in [-0.4, -0.2) is 23.8 Å². The van der Waals surface area contributed by atoms with E-state index in [0.717, 1.165) is 11.3 Å². The Kier molecular flexibility index (Phi) is 5.11. The third kappa shape index (κ3) is 3.86. The maximum Gasteiger partial charge on any atom is 0.203 e. The van der Waals surface area contributed by atoms with E-state index in [1.807, 2.05) is 0 Å². The highest BCUT2D eigenvalue weighted by atomic mass is 35.5. The maximum atomic E-state index is 13.3. The number of halogens is 2. The average Bonchev–Trinajstić information content (AvgIpc) is 3.21. The molecule has 2 aromatic heterocycles. The first kappa shape index (κ1) is 17.5. The zero-order valence-corrected chi connectivity index (χ0v) is 14.8. The molecule has 0 spiro atoms. The lowest BCUT2D eigenvalue weighted by Crippen LogP contribution is -2.08. The van der Waals surface area contributed by atoms with Crippen molar-refractivity contribution in [3.63, 3.8) is 0 Å². The summed E-state index contributed by atoms with van der Waals surface area (Å²) < 4.78 is 18.9. The quantitative estimate of drug-likeness (QED) is 0.438. The molecule has 0 radical (unpaired) electrons. The van der Waals surface area contributed by atoms with Gasteiger partial charge in [0, 0.05) is 15.8 Å². The Hall–Kier alpha value is -2.31. The van der Waals surface area contributed by atoms with E-state index in [2.05, 4.69) is 4.99 Å². The molecule has 0 N–H and O–H groups in total. The molecule has 0 aliphatic rings. The molecule has 0 saturated heterocycles. The largest absolute Gasteiger partial charge is 0.461 e. The van der Waals surface area contributed by atoms with Crippen molar-refractivity contribution in [2.24, 2.45) is 4.99 Å². The molecule has 3 aromatic rings. The van der Waals surface area contributed by atoms with Crippen LogP contribution < -0.4 is 0 Å². The molecule has 128 valence electrons. The predicted molar refractivity (Wildman–Crippen MR) is 96.8 cm³/mol. The van der Waals surface area contributed by atoms with Gasteiger partial charge in [0.2, 0.25) is 5.78 Å². The first-order chi connectivity index (χ1) is 12.0. The third-order valence-electron chi connectivity index (χ3n) is 3.55. The van der Waals surface area contributed by atoms with Gasteiger partial charge in [0.25, 0.3) is 0 Å². The van der Waals surface area contributed by atoms with Gasteiger partial charge in [0.05, 0.1) is 22.6 Å². The van der Waals surface area contributed by atoms with Crippen LogP contribution in [0.3, 0.4) is 0 Å². The van der Waals surface area contributed by atoms with Crippen LogP contribution in [0.2, 0.25) is 5.02 Å². The van der Waals surface area contributed by atoms with Gasteiger partial charge in [-0.15, -0.1) is 11.3 Å². The van der Waals surface area contributed by atoms with E-state index >= 15 is 0 Å². The van der Waals surface area contributed by atoms with Gasteiger partial charge < -0.3 is 4.42 Å². The van der Waals surface area contributed by atoms with Crippen molar-refractivity contribution in [1.29, 1.82) is 0 Å². The van der Waals surface area contributed by atoms with Crippen LogP contribution in [-0.2, 0) is 0 Å². The smallest absolute Gasteiger partial charge is 0.203 e. The molecule has 7 heteroatoms. The Balaban J connectivity index is 1.71. The highest BCUT2D eigenvalue weighted by Gasteiger charge is 2.17. The van der Waals surface area contributed by atoms with Crippen molar-refractivity contribution in [2.45, 2.75) is 13.3 Å². The normalized spacial score (nSPS) is 11.9. The van der Waals surface area contributed by atoms with Crippen LogP contribution in [0.15, 0.2) is 46.0 Å². The second-order valence-electron chi connectivity index (χ2n) is 5.44. The number of nitrogens with zero attached hydrogens (tertiary/aromatic N) is 1. The summed E-state index contributed by atoms with van der Waals surface area (Å²) in [7, 11) is 0.